The van der Waals surface area contributed by atoms with E-state index in [0.29, 0.717) is 0 Å². The second kappa shape index (κ2) is 9.10. The zero-order chi connectivity index (χ0) is 25.5. The molecule has 1 aliphatic rings. The molecular formula is C32H29N5. The van der Waals surface area contributed by atoms with Crippen LogP contribution >= 0.6 is 0 Å². The van der Waals surface area contributed by atoms with Gasteiger partial charge in [-0.25, -0.2) is 9.98 Å². The van der Waals surface area contributed by atoms with Crippen molar-refractivity contribution in [3.63, 3.8) is 0 Å². The molecule has 0 atom stereocenters. The molecule has 4 aromatic carbocycles. The van der Waals surface area contributed by atoms with Crippen molar-refractivity contribution in [2.45, 2.75) is 0 Å². The lowest BCUT2D eigenvalue weighted by Crippen LogP contribution is -2.09. The van der Waals surface area contributed by atoms with E-state index in [2.05, 4.69) is 120 Å². The number of nitrogens with one attached hydrogen (secondary N) is 1. The molecule has 37 heavy (non-hydrogen) atoms. The van der Waals surface area contributed by atoms with Gasteiger partial charge in [0.2, 0.25) is 0 Å². The Morgan fingerprint density at radius 1 is 0.595 bits per heavy atom. The Morgan fingerprint density at radius 2 is 1.14 bits per heavy atom. The van der Waals surface area contributed by atoms with Crippen LogP contribution in [0.1, 0.15) is 16.7 Å². The first kappa shape index (κ1) is 22.8. The third-order valence-electron chi connectivity index (χ3n) is 6.88. The normalized spacial score (nSPS) is 13.6. The van der Waals surface area contributed by atoms with E-state index in [1.807, 2.05) is 20.2 Å². The summed E-state index contributed by atoms with van der Waals surface area (Å²) < 4.78 is 0. The van der Waals surface area contributed by atoms with Crippen molar-refractivity contribution >= 4 is 39.5 Å². The number of amidine groups is 1. The number of aromatic amines is 1. The molecule has 2 heterocycles. The number of fused-ring (bicyclic) bond motifs is 2. The molecule has 1 aliphatic heterocycles. The Bertz CT molecular complexity index is 1650. The highest BCUT2D eigenvalue weighted by molar-refractivity contribution is 6.29. The van der Waals surface area contributed by atoms with Crippen LogP contribution in [0.3, 0.4) is 0 Å². The average molecular weight is 484 g/mol. The molecular weight excluding hydrogens is 454 g/mol. The van der Waals surface area contributed by atoms with Crippen LogP contribution in [0.4, 0.5) is 17.2 Å². The number of benzene rings is 4. The topological polar surface area (TPSA) is 47.0 Å². The van der Waals surface area contributed by atoms with Crippen LogP contribution < -0.4 is 9.80 Å². The molecule has 0 bridgehead atoms. The summed E-state index contributed by atoms with van der Waals surface area (Å²) in [6, 6.07) is 33.8. The molecule has 6 rings (SSSR count). The van der Waals surface area contributed by atoms with Gasteiger partial charge in [-0.2, -0.15) is 0 Å². The van der Waals surface area contributed by atoms with Gasteiger partial charge in [0, 0.05) is 67.0 Å². The van der Waals surface area contributed by atoms with Gasteiger partial charge in [-0.1, -0.05) is 72.8 Å². The van der Waals surface area contributed by atoms with Gasteiger partial charge in [-0.15, -0.1) is 0 Å². The Labute approximate surface area is 217 Å². The maximum Gasteiger partial charge on any atom is 0.162 e. The second-order valence-electron chi connectivity index (χ2n) is 9.72. The van der Waals surface area contributed by atoms with Crippen molar-refractivity contribution in [3.05, 3.63) is 114 Å². The summed E-state index contributed by atoms with van der Waals surface area (Å²) in [7, 11) is 8.21. The fourth-order valence-corrected chi connectivity index (χ4v) is 4.84. The van der Waals surface area contributed by atoms with Gasteiger partial charge in [0.05, 0.1) is 11.4 Å². The molecule has 0 saturated carbocycles. The summed E-state index contributed by atoms with van der Waals surface area (Å²) in [5.74, 6) is 1.55. The third kappa shape index (κ3) is 4.08. The number of rotatable bonds is 5. The summed E-state index contributed by atoms with van der Waals surface area (Å²) in [6.07, 6.45) is 0. The van der Waals surface area contributed by atoms with E-state index in [4.69, 9.17) is 9.98 Å². The predicted octanol–water partition coefficient (Wildman–Crippen LogP) is 6.90. The number of H-pyrrole nitrogens is 1. The van der Waals surface area contributed by atoms with Crippen LogP contribution in [0, 0.1) is 0 Å². The lowest BCUT2D eigenvalue weighted by Gasteiger charge is -2.12. The lowest BCUT2D eigenvalue weighted by molar-refractivity contribution is 1.13. The monoisotopic (exact) mass is 483 g/mol. The van der Waals surface area contributed by atoms with Crippen LogP contribution in [0.15, 0.2) is 107 Å². The molecule has 5 heteroatoms. The molecule has 0 unspecified atom stereocenters. The van der Waals surface area contributed by atoms with Crippen LogP contribution in [-0.4, -0.2) is 44.7 Å². The van der Waals surface area contributed by atoms with E-state index >= 15 is 0 Å². The van der Waals surface area contributed by atoms with E-state index in [1.165, 1.54) is 5.69 Å². The van der Waals surface area contributed by atoms with Crippen molar-refractivity contribution in [1.29, 1.82) is 0 Å². The largest absolute Gasteiger partial charge is 0.378 e. The molecule has 1 N–H and O–H groups in total. The summed E-state index contributed by atoms with van der Waals surface area (Å²) in [4.78, 5) is 18.0. The first-order valence-electron chi connectivity index (χ1n) is 12.4. The first-order chi connectivity index (χ1) is 18.0. The molecule has 0 spiro atoms. The lowest BCUT2D eigenvalue weighted by atomic mass is 10.00. The number of hydrogen-bond donors (Lipinski definition) is 1. The number of aromatic nitrogens is 1. The standard InChI is InChI=1S/C32H29N5/c1-36(2)23-17-13-21(14-18-23)29-25-9-5-7-11-27(25)31(33-29)35-32-28-12-8-6-10-26(28)30(34-32)22-15-19-24(20-16-22)37(3)4/h5-20,33H,1-4H3/b35-32-. The summed E-state index contributed by atoms with van der Waals surface area (Å²) >= 11 is 0. The minimum absolute atomic E-state index is 0.726. The Morgan fingerprint density at radius 3 is 1.76 bits per heavy atom. The molecule has 0 radical (unpaired) electrons. The molecule has 0 fully saturated rings. The maximum atomic E-state index is 5.10. The molecule has 0 saturated heterocycles. The van der Waals surface area contributed by atoms with Gasteiger partial charge >= 0.3 is 0 Å². The highest BCUT2D eigenvalue weighted by atomic mass is 15.1. The van der Waals surface area contributed by atoms with Crippen molar-refractivity contribution in [3.8, 4) is 11.3 Å². The van der Waals surface area contributed by atoms with Crippen molar-refractivity contribution in [1.82, 2.24) is 4.98 Å². The summed E-state index contributed by atoms with van der Waals surface area (Å²) in [5, 5.41) is 2.23. The fourth-order valence-electron chi connectivity index (χ4n) is 4.84. The number of hydrogen-bond acceptors (Lipinski definition) is 3. The maximum absolute atomic E-state index is 5.10. The quantitative estimate of drug-likeness (QED) is 0.296. The Kier molecular flexibility index (Phi) is 5.61. The van der Waals surface area contributed by atoms with Crippen molar-refractivity contribution < 1.29 is 0 Å². The zero-order valence-corrected chi connectivity index (χ0v) is 21.5. The minimum Gasteiger partial charge on any atom is -0.378 e. The average Bonchev–Trinajstić information content (AvgIpc) is 3.48. The van der Waals surface area contributed by atoms with Gasteiger partial charge in [-0.3, -0.25) is 0 Å². The SMILES string of the molecule is CN(C)c1ccc(C2=N/C(=N\c3[nH]c(-c4ccc(N(C)C)cc4)c4ccccc34)c3ccccc32)cc1. The van der Waals surface area contributed by atoms with Gasteiger partial charge in [0.25, 0.3) is 0 Å². The molecule has 0 amide bonds. The highest BCUT2D eigenvalue weighted by Gasteiger charge is 2.23. The van der Waals surface area contributed by atoms with Crippen LogP contribution in [0.25, 0.3) is 22.0 Å². The Balaban J connectivity index is 1.46. The third-order valence-corrected chi connectivity index (χ3v) is 6.88. The highest BCUT2D eigenvalue weighted by Crippen LogP contribution is 2.36. The van der Waals surface area contributed by atoms with E-state index < -0.39 is 0 Å². The minimum atomic E-state index is 0.726. The van der Waals surface area contributed by atoms with Crippen LogP contribution in [0.5, 0.6) is 0 Å². The van der Waals surface area contributed by atoms with E-state index in [9.17, 15) is 0 Å². The first-order valence-corrected chi connectivity index (χ1v) is 12.4. The van der Waals surface area contributed by atoms with Crippen LogP contribution in [-0.2, 0) is 0 Å². The molecule has 0 aliphatic carbocycles. The summed E-state index contributed by atoms with van der Waals surface area (Å²) in [6.45, 7) is 0. The van der Waals surface area contributed by atoms with Gasteiger partial charge in [0.15, 0.2) is 5.84 Å². The second-order valence-corrected chi connectivity index (χ2v) is 9.72. The zero-order valence-electron chi connectivity index (χ0n) is 21.5. The molecule has 1 aromatic heterocycles. The predicted molar refractivity (Wildman–Crippen MR) is 157 cm³/mol. The van der Waals surface area contributed by atoms with Crippen molar-refractivity contribution in [2.24, 2.45) is 9.98 Å². The number of anilines is 2. The van der Waals surface area contributed by atoms with E-state index in [0.717, 1.165) is 61.8 Å². The van der Waals surface area contributed by atoms with Crippen LogP contribution in [0.2, 0.25) is 0 Å². The Hall–Kier alpha value is -4.64. The van der Waals surface area contributed by atoms with E-state index in [1.54, 1.807) is 0 Å². The van der Waals surface area contributed by atoms with Gasteiger partial charge < -0.3 is 14.8 Å². The molecule has 182 valence electrons. The molecule has 5 aromatic rings. The molecule has 5 nitrogen and oxygen atoms in total. The number of aliphatic imine (C=N–C) groups is 2. The van der Waals surface area contributed by atoms with Gasteiger partial charge in [0.1, 0.15) is 5.82 Å². The van der Waals surface area contributed by atoms with E-state index in [-0.39, 0.29) is 0 Å². The van der Waals surface area contributed by atoms with Crippen molar-refractivity contribution in [2.75, 3.05) is 38.0 Å². The summed E-state index contributed by atoms with van der Waals surface area (Å²) in [5.41, 5.74) is 8.71. The smallest absolute Gasteiger partial charge is 0.162 e. The fraction of sp³-hybridized carbons (Fsp3) is 0.125. The van der Waals surface area contributed by atoms with Gasteiger partial charge in [-0.05, 0) is 29.8 Å². The number of nitrogens with zero attached hydrogens (tertiary/aromatic N) is 4.